The van der Waals surface area contributed by atoms with Gasteiger partial charge in [-0.25, -0.2) is 4.99 Å². The summed E-state index contributed by atoms with van der Waals surface area (Å²) in [5.74, 6) is 0.890. The number of nitrogens with one attached hydrogen (secondary N) is 3. The van der Waals surface area contributed by atoms with E-state index in [2.05, 4.69) is 177 Å². The van der Waals surface area contributed by atoms with Gasteiger partial charge in [0, 0.05) is 28.3 Å². The Bertz CT molecular complexity index is 2150. The normalized spacial score (nSPS) is 20.4. The van der Waals surface area contributed by atoms with E-state index < -0.39 is 0 Å². The fraction of sp³-hybridized carbons (Fsp3) is 0.222. The van der Waals surface area contributed by atoms with Gasteiger partial charge in [0.2, 0.25) is 0 Å². The molecule has 2 heterocycles. The maximum absolute atomic E-state index is 5.37. The number of dihydropyridines is 1. The Balaban J connectivity index is 1.36. The minimum absolute atomic E-state index is 0.0541. The van der Waals surface area contributed by atoms with Gasteiger partial charge in [0.25, 0.3) is 0 Å². The van der Waals surface area contributed by atoms with Gasteiger partial charge >= 0.3 is 0 Å². The Hall–Kier alpha value is -5.19. The predicted octanol–water partition coefficient (Wildman–Crippen LogP) is 10.1. The molecular weight excluding hydrogens is 597 g/mol. The summed E-state index contributed by atoms with van der Waals surface area (Å²) in [5.41, 5.74) is 12.4. The monoisotopic (exact) mass is 640 g/mol. The Morgan fingerprint density at radius 3 is 2.24 bits per heavy atom. The first-order valence-electron chi connectivity index (χ1n) is 17.6. The van der Waals surface area contributed by atoms with Gasteiger partial charge in [0.05, 0.1) is 0 Å². The average Bonchev–Trinajstić information content (AvgIpc) is 3.14. The van der Waals surface area contributed by atoms with Gasteiger partial charge in [-0.15, -0.1) is 0 Å². The van der Waals surface area contributed by atoms with Crippen LogP contribution in [0.5, 0.6) is 0 Å². The molecule has 0 spiro atoms. The van der Waals surface area contributed by atoms with Crippen LogP contribution in [0.25, 0.3) is 33.5 Å². The first-order chi connectivity index (χ1) is 23.8. The highest BCUT2D eigenvalue weighted by Gasteiger charge is 2.29. The molecule has 3 unspecified atom stereocenters. The zero-order chi connectivity index (χ0) is 33.5. The Labute approximate surface area is 290 Å². The van der Waals surface area contributed by atoms with Crippen molar-refractivity contribution >= 4 is 28.3 Å². The standard InChI is InChI=1S/C45H44N4/c1-29-23-24-37(41(46-29)45(2,3)4)33-25-34(40-28-32-19-11-12-20-36(32)38-21-13-14-22-39(38)40)27-35(26-33)44-48-42(30-15-7-5-8-16-30)47-43(49-44)31-17-9-6-10-18-31/h5-13,15-21,23-29,42,44,46,48H,14,22H2,1-4H3,(H,47,49). The van der Waals surface area contributed by atoms with E-state index >= 15 is 0 Å². The van der Waals surface area contributed by atoms with Gasteiger partial charge in [-0.05, 0) is 93.7 Å². The minimum Gasteiger partial charge on any atom is -0.381 e. The van der Waals surface area contributed by atoms with E-state index in [1.54, 1.807) is 0 Å². The number of hydrogen-bond donors (Lipinski definition) is 3. The van der Waals surface area contributed by atoms with Crippen molar-refractivity contribution < 1.29 is 0 Å². The molecule has 49 heavy (non-hydrogen) atoms. The maximum Gasteiger partial charge on any atom is 0.131 e. The smallest absolute Gasteiger partial charge is 0.131 e. The van der Waals surface area contributed by atoms with Crippen molar-refractivity contribution in [3.05, 3.63) is 167 Å². The van der Waals surface area contributed by atoms with E-state index in [0.717, 1.165) is 29.8 Å². The zero-order valence-electron chi connectivity index (χ0n) is 28.8. The highest BCUT2D eigenvalue weighted by atomic mass is 15.3. The molecule has 4 nitrogen and oxygen atoms in total. The topological polar surface area (TPSA) is 48.5 Å². The first kappa shape index (κ1) is 31.1. The summed E-state index contributed by atoms with van der Waals surface area (Å²) < 4.78 is 0. The van der Waals surface area contributed by atoms with Crippen LogP contribution in [0.15, 0.2) is 138 Å². The van der Waals surface area contributed by atoms with Crippen molar-refractivity contribution in [1.82, 2.24) is 16.0 Å². The molecule has 0 radical (unpaired) electrons. The fourth-order valence-electron chi connectivity index (χ4n) is 7.51. The molecular formula is C45H44N4. The van der Waals surface area contributed by atoms with Crippen molar-refractivity contribution in [1.29, 1.82) is 0 Å². The van der Waals surface area contributed by atoms with Crippen LogP contribution in [0.4, 0.5) is 0 Å². The molecule has 3 aliphatic rings. The molecule has 0 amide bonds. The van der Waals surface area contributed by atoms with Crippen LogP contribution in [0.2, 0.25) is 0 Å². The fourth-order valence-corrected chi connectivity index (χ4v) is 7.51. The molecule has 244 valence electrons. The van der Waals surface area contributed by atoms with Gasteiger partial charge in [0.1, 0.15) is 18.2 Å². The average molecular weight is 641 g/mol. The van der Waals surface area contributed by atoms with Crippen LogP contribution in [0.1, 0.15) is 79.8 Å². The molecule has 0 saturated heterocycles. The van der Waals surface area contributed by atoms with Crippen LogP contribution in [0, 0.1) is 5.41 Å². The second-order valence-corrected chi connectivity index (χ2v) is 14.6. The summed E-state index contributed by atoms with van der Waals surface area (Å²) in [6.07, 6.45) is 11.0. The minimum atomic E-state index is -0.269. The summed E-state index contributed by atoms with van der Waals surface area (Å²) in [5, 5.41) is 14.0. The van der Waals surface area contributed by atoms with E-state index in [0.29, 0.717) is 0 Å². The van der Waals surface area contributed by atoms with Gasteiger partial charge in [-0.3, -0.25) is 5.32 Å². The SMILES string of the molecule is CC1C=CC(c2cc(-c3cc4ccccc4c4c3CCC=C4)cc(C3N=C(c4ccccc4)NC(c4ccccc4)N3)c2)=C(C(C)(C)C)N1. The van der Waals surface area contributed by atoms with Crippen LogP contribution < -0.4 is 16.0 Å². The highest BCUT2D eigenvalue weighted by Crippen LogP contribution is 2.41. The van der Waals surface area contributed by atoms with Gasteiger partial charge in [-0.1, -0.05) is 130 Å². The van der Waals surface area contributed by atoms with Crippen molar-refractivity contribution in [2.45, 2.75) is 58.9 Å². The lowest BCUT2D eigenvalue weighted by Crippen LogP contribution is -2.45. The number of benzene rings is 5. The molecule has 0 aromatic heterocycles. The summed E-state index contributed by atoms with van der Waals surface area (Å²) in [4.78, 5) is 5.37. The van der Waals surface area contributed by atoms with Crippen LogP contribution in [-0.2, 0) is 6.42 Å². The molecule has 8 rings (SSSR count). The van der Waals surface area contributed by atoms with Crippen molar-refractivity contribution in [2.75, 3.05) is 0 Å². The van der Waals surface area contributed by atoms with Gasteiger partial charge < -0.3 is 10.6 Å². The molecule has 0 saturated carbocycles. The van der Waals surface area contributed by atoms with E-state index in [9.17, 15) is 0 Å². The third-order valence-electron chi connectivity index (χ3n) is 9.93. The van der Waals surface area contributed by atoms with E-state index in [-0.39, 0.29) is 23.8 Å². The Morgan fingerprint density at radius 2 is 1.45 bits per heavy atom. The second kappa shape index (κ2) is 12.7. The number of nitrogens with zero attached hydrogens (tertiary/aromatic N) is 1. The summed E-state index contributed by atoms with van der Waals surface area (Å²) >= 11 is 0. The van der Waals surface area contributed by atoms with Crippen molar-refractivity contribution in [3.8, 4) is 11.1 Å². The summed E-state index contributed by atoms with van der Waals surface area (Å²) in [6.45, 7) is 9.12. The lowest BCUT2D eigenvalue weighted by atomic mass is 9.81. The second-order valence-electron chi connectivity index (χ2n) is 14.6. The van der Waals surface area contributed by atoms with Crippen LogP contribution in [0.3, 0.4) is 0 Å². The number of fused-ring (bicyclic) bond motifs is 3. The van der Waals surface area contributed by atoms with E-state index in [4.69, 9.17) is 4.99 Å². The molecule has 4 heteroatoms. The number of rotatable bonds is 5. The van der Waals surface area contributed by atoms with Crippen LogP contribution >= 0.6 is 0 Å². The molecule has 2 aliphatic heterocycles. The third-order valence-corrected chi connectivity index (χ3v) is 9.93. The largest absolute Gasteiger partial charge is 0.381 e. The predicted molar refractivity (Wildman–Crippen MR) is 206 cm³/mol. The van der Waals surface area contributed by atoms with E-state index in [1.165, 1.54) is 55.4 Å². The summed E-state index contributed by atoms with van der Waals surface area (Å²) in [6, 6.07) is 39.7. The first-order valence-corrected chi connectivity index (χ1v) is 17.6. The van der Waals surface area contributed by atoms with Crippen molar-refractivity contribution in [2.24, 2.45) is 10.4 Å². The summed E-state index contributed by atoms with van der Waals surface area (Å²) in [7, 11) is 0. The zero-order valence-corrected chi connectivity index (χ0v) is 28.8. The van der Waals surface area contributed by atoms with Crippen molar-refractivity contribution in [3.63, 3.8) is 0 Å². The molecule has 5 aromatic rings. The quantitative estimate of drug-likeness (QED) is 0.179. The number of allylic oxidation sites excluding steroid dienone is 4. The third kappa shape index (κ3) is 6.13. The van der Waals surface area contributed by atoms with E-state index in [1.807, 2.05) is 0 Å². The highest BCUT2D eigenvalue weighted by molar-refractivity contribution is 6.00. The molecule has 5 aromatic carbocycles. The molecule has 1 aliphatic carbocycles. The van der Waals surface area contributed by atoms with Gasteiger partial charge in [-0.2, -0.15) is 0 Å². The number of amidine groups is 1. The number of aliphatic imine (C=N–C) groups is 1. The molecule has 3 atom stereocenters. The molecule has 0 fully saturated rings. The lowest BCUT2D eigenvalue weighted by molar-refractivity contribution is 0.409. The Morgan fingerprint density at radius 1 is 0.714 bits per heavy atom. The Kier molecular flexibility index (Phi) is 8.05. The molecule has 3 N–H and O–H groups in total. The lowest BCUT2D eigenvalue weighted by Gasteiger charge is -2.34. The van der Waals surface area contributed by atoms with Gasteiger partial charge in [0.15, 0.2) is 0 Å². The maximum atomic E-state index is 5.37. The number of hydrogen-bond acceptors (Lipinski definition) is 4. The van der Waals surface area contributed by atoms with Crippen LogP contribution in [-0.4, -0.2) is 11.9 Å². The molecule has 0 bridgehead atoms.